The summed E-state index contributed by atoms with van der Waals surface area (Å²) in [5.74, 6) is 1.16. The van der Waals surface area contributed by atoms with Crippen molar-refractivity contribution in [2.75, 3.05) is 26.2 Å². The molecule has 1 saturated heterocycles. The molecule has 3 aromatic carbocycles. The Morgan fingerprint density at radius 2 is 1.37 bits per heavy atom. The molecule has 1 aliphatic rings. The van der Waals surface area contributed by atoms with E-state index in [4.69, 9.17) is 11.6 Å². The Hall–Kier alpha value is -2.13. The van der Waals surface area contributed by atoms with Crippen LogP contribution in [-0.2, 0) is 6.54 Å². The summed E-state index contributed by atoms with van der Waals surface area (Å²) in [7, 11) is 0. The number of nitrogens with one attached hydrogen (secondary N) is 1. The van der Waals surface area contributed by atoms with E-state index in [9.17, 15) is 0 Å². The Morgan fingerprint density at radius 3 is 1.93 bits per heavy atom. The van der Waals surface area contributed by atoms with Gasteiger partial charge >= 0.3 is 0 Å². The van der Waals surface area contributed by atoms with Gasteiger partial charge in [-0.15, -0.1) is 0 Å². The molecular formula is C27H31ClN2. The number of rotatable bonds is 8. The van der Waals surface area contributed by atoms with E-state index in [0.717, 1.165) is 30.6 Å². The lowest BCUT2D eigenvalue weighted by Gasteiger charge is -2.32. The molecule has 1 N–H and O–H groups in total. The summed E-state index contributed by atoms with van der Waals surface area (Å²) in [6, 6.07) is 30.0. The lowest BCUT2D eigenvalue weighted by atomic mass is 9.90. The highest BCUT2D eigenvalue weighted by Gasteiger charge is 2.20. The van der Waals surface area contributed by atoms with Crippen LogP contribution in [0.25, 0.3) is 0 Å². The zero-order valence-electron chi connectivity index (χ0n) is 17.5. The number of likely N-dealkylation sites (tertiary alicyclic amines) is 1. The van der Waals surface area contributed by atoms with E-state index in [1.54, 1.807) is 0 Å². The summed E-state index contributed by atoms with van der Waals surface area (Å²) < 4.78 is 0. The first-order valence-corrected chi connectivity index (χ1v) is 11.4. The highest BCUT2D eigenvalue weighted by atomic mass is 35.5. The summed E-state index contributed by atoms with van der Waals surface area (Å²) in [5.41, 5.74) is 4.12. The van der Waals surface area contributed by atoms with Crippen molar-refractivity contribution in [3.8, 4) is 0 Å². The number of benzene rings is 3. The molecule has 0 aromatic heterocycles. The number of hydrogen-bond acceptors (Lipinski definition) is 2. The van der Waals surface area contributed by atoms with E-state index in [1.807, 2.05) is 12.1 Å². The van der Waals surface area contributed by atoms with E-state index in [2.05, 4.69) is 83.0 Å². The zero-order chi connectivity index (χ0) is 20.6. The van der Waals surface area contributed by atoms with Crippen LogP contribution in [0.2, 0.25) is 5.02 Å². The third kappa shape index (κ3) is 5.95. The van der Waals surface area contributed by atoms with Crippen LogP contribution in [0.3, 0.4) is 0 Å². The Balaban J connectivity index is 1.26. The maximum Gasteiger partial charge on any atom is 0.0406 e. The van der Waals surface area contributed by atoms with Gasteiger partial charge in [0.1, 0.15) is 0 Å². The van der Waals surface area contributed by atoms with E-state index in [-0.39, 0.29) is 0 Å². The quantitative estimate of drug-likeness (QED) is 0.484. The van der Waals surface area contributed by atoms with Gasteiger partial charge in [-0.2, -0.15) is 0 Å². The summed E-state index contributed by atoms with van der Waals surface area (Å²) in [5, 5.41) is 4.60. The summed E-state index contributed by atoms with van der Waals surface area (Å²) >= 11 is 6.00. The minimum Gasteiger partial charge on any atom is -0.316 e. The second kappa shape index (κ2) is 10.8. The molecule has 0 unspecified atom stereocenters. The predicted octanol–water partition coefficient (Wildman–Crippen LogP) is 5.97. The van der Waals surface area contributed by atoms with Gasteiger partial charge in [-0.1, -0.05) is 84.4 Å². The average molecular weight is 419 g/mol. The van der Waals surface area contributed by atoms with Crippen LogP contribution in [0.4, 0.5) is 0 Å². The normalized spacial score (nSPS) is 15.5. The van der Waals surface area contributed by atoms with Crippen LogP contribution >= 0.6 is 11.6 Å². The minimum absolute atomic E-state index is 0.400. The molecule has 0 spiro atoms. The molecular weight excluding hydrogens is 388 g/mol. The average Bonchev–Trinajstić information content (AvgIpc) is 2.80. The van der Waals surface area contributed by atoms with Crippen molar-refractivity contribution in [2.24, 2.45) is 5.92 Å². The number of hydrogen-bond donors (Lipinski definition) is 1. The zero-order valence-corrected chi connectivity index (χ0v) is 18.3. The van der Waals surface area contributed by atoms with E-state index in [0.29, 0.717) is 5.92 Å². The van der Waals surface area contributed by atoms with Crippen LogP contribution in [-0.4, -0.2) is 31.1 Å². The van der Waals surface area contributed by atoms with Crippen LogP contribution in [0.5, 0.6) is 0 Å². The van der Waals surface area contributed by atoms with Gasteiger partial charge in [-0.05, 0) is 67.2 Å². The highest BCUT2D eigenvalue weighted by Crippen LogP contribution is 2.24. The molecule has 0 radical (unpaired) electrons. The number of piperidine rings is 1. The first-order valence-electron chi connectivity index (χ1n) is 11.1. The molecule has 0 atom stereocenters. The number of halogens is 1. The number of nitrogens with zero attached hydrogens (tertiary/aromatic N) is 1. The van der Waals surface area contributed by atoms with Crippen molar-refractivity contribution in [3.63, 3.8) is 0 Å². The van der Waals surface area contributed by atoms with Gasteiger partial charge in [0.2, 0.25) is 0 Å². The molecule has 1 aliphatic heterocycles. The standard InChI is InChI=1S/C27H31ClN2/c28-26-13-11-23(12-14-26)21-30-17-15-22(16-18-30)19-29-20-27(24-7-3-1-4-8-24)25-9-5-2-6-10-25/h1-14,22,27,29H,15-21H2. The SMILES string of the molecule is Clc1ccc(CN2CCC(CNCC(c3ccccc3)c3ccccc3)CC2)cc1. The first-order chi connectivity index (χ1) is 14.8. The maximum atomic E-state index is 6.00. The first kappa shape index (κ1) is 21.1. The van der Waals surface area contributed by atoms with Crippen molar-refractivity contribution in [3.05, 3.63) is 107 Å². The van der Waals surface area contributed by atoms with Gasteiger partial charge in [0, 0.05) is 24.0 Å². The Kier molecular flexibility index (Phi) is 7.58. The molecule has 2 nitrogen and oxygen atoms in total. The molecule has 0 amide bonds. The van der Waals surface area contributed by atoms with Gasteiger partial charge < -0.3 is 5.32 Å². The lowest BCUT2D eigenvalue weighted by molar-refractivity contribution is 0.175. The van der Waals surface area contributed by atoms with Gasteiger partial charge in [0.15, 0.2) is 0 Å². The third-order valence-corrected chi connectivity index (χ3v) is 6.46. The monoisotopic (exact) mass is 418 g/mol. The fourth-order valence-electron chi connectivity index (χ4n) is 4.43. The molecule has 156 valence electrons. The molecule has 3 heteroatoms. The predicted molar refractivity (Wildman–Crippen MR) is 127 cm³/mol. The van der Waals surface area contributed by atoms with Crippen LogP contribution in [0.15, 0.2) is 84.9 Å². The van der Waals surface area contributed by atoms with Gasteiger partial charge in [0.25, 0.3) is 0 Å². The topological polar surface area (TPSA) is 15.3 Å². The van der Waals surface area contributed by atoms with E-state index in [1.165, 1.54) is 42.6 Å². The summed E-state index contributed by atoms with van der Waals surface area (Å²) in [4.78, 5) is 2.57. The van der Waals surface area contributed by atoms with Gasteiger partial charge in [-0.25, -0.2) is 0 Å². The molecule has 0 saturated carbocycles. The van der Waals surface area contributed by atoms with Crippen LogP contribution in [0.1, 0.15) is 35.4 Å². The lowest BCUT2D eigenvalue weighted by Crippen LogP contribution is -2.37. The van der Waals surface area contributed by atoms with Crippen LogP contribution in [0, 0.1) is 5.92 Å². The van der Waals surface area contributed by atoms with Gasteiger partial charge in [0.05, 0.1) is 0 Å². The minimum atomic E-state index is 0.400. The maximum absolute atomic E-state index is 6.00. The molecule has 1 heterocycles. The molecule has 30 heavy (non-hydrogen) atoms. The molecule has 0 aliphatic carbocycles. The molecule has 4 rings (SSSR count). The van der Waals surface area contributed by atoms with Crippen molar-refractivity contribution in [1.82, 2.24) is 10.2 Å². The largest absolute Gasteiger partial charge is 0.316 e. The van der Waals surface area contributed by atoms with Crippen molar-refractivity contribution >= 4 is 11.6 Å². The fraction of sp³-hybridized carbons (Fsp3) is 0.333. The Labute approximate surface area is 185 Å². The Bertz CT molecular complexity index is 832. The molecule has 0 bridgehead atoms. The van der Waals surface area contributed by atoms with Crippen molar-refractivity contribution in [1.29, 1.82) is 0 Å². The third-order valence-electron chi connectivity index (χ3n) is 6.21. The molecule has 3 aromatic rings. The smallest absolute Gasteiger partial charge is 0.0406 e. The summed E-state index contributed by atoms with van der Waals surface area (Å²) in [6.45, 7) is 5.47. The summed E-state index contributed by atoms with van der Waals surface area (Å²) in [6.07, 6.45) is 2.53. The second-order valence-corrected chi connectivity index (χ2v) is 8.81. The second-order valence-electron chi connectivity index (χ2n) is 8.38. The fourth-order valence-corrected chi connectivity index (χ4v) is 4.55. The van der Waals surface area contributed by atoms with E-state index >= 15 is 0 Å². The van der Waals surface area contributed by atoms with E-state index < -0.39 is 0 Å². The molecule has 1 fully saturated rings. The van der Waals surface area contributed by atoms with Crippen molar-refractivity contribution in [2.45, 2.75) is 25.3 Å². The van der Waals surface area contributed by atoms with Crippen molar-refractivity contribution < 1.29 is 0 Å². The van der Waals surface area contributed by atoms with Gasteiger partial charge in [-0.3, -0.25) is 4.90 Å². The Morgan fingerprint density at radius 1 is 0.800 bits per heavy atom. The highest BCUT2D eigenvalue weighted by molar-refractivity contribution is 6.30. The van der Waals surface area contributed by atoms with Crippen LogP contribution < -0.4 is 5.32 Å².